The van der Waals surface area contributed by atoms with Gasteiger partial charge in [-0.05, 0) is 107 Å². The van der Waals surface area contributed by atoms with E-state index in [2.05, 4.69) is 290 Å². The summed E-state index contributed by atoms with van der Waals surface area (Å²) in [7, 11) is 0. The normalized spacial score (nSPS) is 11.5. The average molecular weight is 1710 g/mol. The summed E-state index contributed by atoms with van der Waals surface area (Å²) in [5.74, 6) is 3.51. The maximum absolute atomic E-state index is 6.38. The van der Waals surface area contributed by atoms with Gasteiger partial charge in [0.15, 0.2) is 23.3 Å². The van der Waals surface area contributed by atoms with Crippen molar-refractivity contribution in [2.75, 3.05) is 0 Å². The quantitative estimate of drug-likeness (QED) is 0.109. The molecule has 0 unspecified atom stereocenters. The lowest BCUT2D eigenvalue weighted by Gasteiger charge is -2.12. The van der Waals surface area contributed by atoms with E-state index in [9.17, 15) is 0 Å². The molecule has 0 spiro atoms. The Bertz CT molecular complexity index is 8800. The van der Waals surface area contributed by atoms with E-state index >= 15 is 0 Å². The minimum absolute atomic E-state index is 0.620. The van der Waals surface area contributed by atoms with Crippen molar-refractivity contribution >= 4 is 119 Å². The topological polar surface area (TPSA) is 147 Å². The van der Waals surface area contributed by atoms with Crippen molar-refractivity contribution in [1.82, 2.24) is 49.4 Å². The minimum Gasteiger partial charge on any atom is -0.455 e. The second kappa shape index (κ2) is 33.6. The number of thiophene rings is 1. The number of fused-ring (bicyclic) bond motifs is 16. The van der Waals surface area contributed by atoms with Gasteiger partial charge in [0.2, 0.25) is 0 Å². The van der Waals surface area contributed by atoms with Crippen molar-refractivity contribution in [3.05, 3.63) is 449 Å². The van der Waals surface area contributed by atoms with Gasteiger partial charge in [-0.1, -0.05) is 364 Å². The highest BCUT2D eigenvalue weighted by Crippen LogP contribution is 2.47. The molecule has 0 saturated heterocycles. The lowest BCUT2D eigenvalue weighted by Crippen LogP contribution is -2.00. The molecule has 26 aromatic rings. The number of hydrogen-bond donors (Lipinski definition) is 0. The van der Waals surface area contributed by atoms with Crippen LogP contribution in [0.2, 0.25) is 0 Å². The van der Waals surface area contributed by atoms with Gasteiger partial charge < -0.3 is 8.83 Å². The number of aromatic nitrogens is 10. The van der Waals surface area contributed by atoms with Gasteiger partial charge >= 0.3 is 0 Å². The van der Waals surface area contributed by atoms with Crippen LogP contribution in [-0.2, 0) is 0 Å². The predicted octanol–water partition coefficient (Wildman–Crippen LogP) is 31.2. The second-order valence-electron chi connectivity index (χ2n) is 32.6. The Morgan fingerprint density at radius 3 is 1.08 bits per heavy atom. The van der Waals surface area contributed by atoms with Crippen LogP contribution in [0.15, 0.2) is 458 Å². The third-order valence-electron chi connectivity index (χ3n) is 24.4. The number of hydrogen-bond acceptors (Lipinski definition) is 12. The standard InChI is InChI=1S/C43H27N3S.C40H25N3O.C36H22N4O/c1-3-12-28(13-4-1)29-22-24-31(25-23-29)38-27-37(30-14-5-2-6-15-30)45-43(46-38)33-17-11-16-32(26-33)41-42-40(34-18-7-9-20-36(34)44-41)35-19-8-10-21-39(35)47-42;1-2-10-30(11-3-1)43-35-16-8-7-15-34(35)42-40(43)29-24-20-27(21-25-29)26-18-22-28(23-19-26)38-37-32-13-5-9-17-36(32)44-39(37)31-12-4-6-14-33(31)41-38;1-3-11-24(12-4-1)34-38-35(25-13-5-2-6-14-25)40-36(39-34)26-21-19-23(20-22-26)32-31-28-16-8-10-18-30(28)41-33(31)27-15-7-9-17-29(27)37-32/h1-27H;1-25H;1-22H. The number of para-hydroxylation sites is 8. The summed E-state index contributed by atoms with van der Waals surface area (Å²) in [5, 5.41) is 9.95. The van der Waals surface area contributed by atoms with E-state index in [-0.39, 0.29) is 0 Å². The number of nitrogens with zero attached hydrogens (tertiary/aromatic N) is 10. The molecule has 26 rings (SSSR count). The molecule has 9 aromatic heterocycles. The summed E-state index contributed by atoms with van der Waals surface area (Å²) >= 11 is 1.80. The van der Waals surface area contributed by atoms with Crippen molar-refractivity contribution < 1.29 is 8.83 Å². The Labute approximate surface area is 762 Å². The number of pyridine rings is 3. The van der Waals surface area contributed by atoms with Crippen LogP contribution in [0.3, 0.4) is 0 Å². The minimum atomic E-state index is 0.620. The van der Waals surface area contributed by atoms with E-state index in [0.29, 0.717) is 23.3 Å². The van der Waals surface area contributed by atoms with Gasteiger partial charge in [0.25, 0.3) is 0 Å². The maximum Gasteiger partial charge on any atom is 0.164 e. The van der Waals surface area contributed by atoms with Crippen molar-refractivity contribution in [2.24, 2.45) is 0 Å². The van der Waals surface area contributed by atoms with Crippen molar-refractivity contribution in [1.29, 1.82) is 0 Å². The molecule has 0 atom stereocenters. The van der Waals surface area contributed by atoms with Gasteiger partial charge in [-0.2, -0.15) is 0 Å². The molecule has 0 aliphatic heterocycles. The Morgan fingerprint density at radius 1 is 0.205 bits per heavy atom. The van der Waals surface area contributed by atoms with Crippen LogP contribution < -0.4 is 0 Å². The SMILES string of the molecule is c1ccc(-c2ccc(-c3cc(-c4ccccc4)nc(-c4cccc(-c5nc6ccccc6c6c5sc5ccccc56)c4)n3)cc2)cc1.c1ccc(-c2nc(-c3ccccc3)nc(-c3ccc(-c4nc5ccccc5c5oc6ccccc6c45)cc3)n2)cc1.c1ccc(-n2c(-c3ccc(-c4ccc(-c5nc6ccccc6c6oc7ccccc7c56)cc4)cc3)nc3ccccc32)cc1. The first-order valence-electron chi connectivity index (χ1n) is 43.9. The van der Waals surface area contributed by atoms with E-state index in [1.807, 2.05) is 164 Å². The third-order valence-corrected chi connectivity index (χ3v) is 25.6. The van der Waals surface area contributed by atoms with Crippen LogP contribution in [0.1, 0.15) is 0 Å². The number of furan rings is 2. The van der Waals surface area contributed by atoms with Gasteiger partial charge in [-0.15, -0.1) is 11.3 Å². The summed E-state index contributed by atoms with van der Waals surface area (Å²) in [4.78, 5) is 45.3. The van der Waals surface area contributed by atoms with E-state index in [1.165, 1.54) is 36.7 Å². The number of imidazole rings is 1. The van der Waals surface area contributed by atoms with E-state index < -0.39 is 0 Å². The summed E-state index contributed by atoms with van der Waals surface area (Å²) in [6, 6.07) is 154. The van der Waals surface area contributed by atoms with E-state index in [0.717, 1.165) is 189 Å². The van der Waals surface area contributed by atoms with Crippen molar-refractivity contribution in [3.8, 4) is 141 Å². The second-order valence-corrected chi connectivity index (χ2v) is 33.6. The average Bonchev–Trinajstić information content (AvgIpc) is 1.58. The number of rotatable bonds is 13. The molecule has 0 amide bonds. The van der Waals surface area contributed by atoms with Gasteiger partial charge in [-0.25, -0.2) is 44.9 Å². The lowest BCUT2D eigenvalue weighted by atomic mass is 9.99. The highest BCUT2D eigenvalue weighted by Gasteiger charge is 2.24. The fourth-order valence-corrected chi connectivity index (χ4v) is 19.3. The molecule has 0 aliphatic carbocycles. The third kappa shape index (κ3) is 14.6. The first-order chi connectivity index (χ1) is 65.4. The van der Waals surface area contributed by atoms with Crippen LogP contribution >= 0.6 is 11.3 Å². The van der Waals surface area contributed by atoms with Gasteiger partial charge in [0, 0.05) is 104 Å². The molecule has 618 valence electrons. The zero-order valence-electron chi connectivity index (χ0n) is 70.9. The van der Waals surface area contributed by atoms with Crippen LogP contribution in [0.5, 0.6) is 0 Å². The first-order valence-corrected chi connectivity index (χ1v) is 44.8. The smallest absolute Gasteiger partial charge is 0.164 e. The van der Waals surface area contributed by atoms with Gasteiger partial charge in [0.1, 0.15) is 28.2 Å². The van der Waals surface area contributed by atoms with Crippen LogP contribution in [0.4, 0.5) is 0 Å². The zero-order chi connectivity index (χ0) is 87.4. The maximum atomic E-state index is 6.38. The molecule has 0 fully saturated rings. The predicted molar refractivity (Wildman–Crippen MR) is 542 cm³/mol. The highest BCUT2D eigenvalue weighted by atomic mass is 32.1. The Balaban J connectivity index is 0.000000109. The molecular weight excluding hydrogens is 1630 g/mol. The first kappa shape index (κ1) is 77.9. The summed E-state index contributed by atoms with van der Waals surface area (Å²) in [6.45, 7) is 0. The largest absolute Gasteiger partial charge is 0.455 e. The molecule has 132 heavy (non-hydrogen) atoms. The Kier molecular flexibility index (Phi) is 19.8. The fourth-order valence-electron chi connectivity index (χ4n) is 18.0. The van der Waals surface area contributed by atoms with Gasteiger partial charge in [-0.3, -0.25) is 4.57 Å². The molecule has 9 heterocycles. The highest BCUT2D eigenvalue weighted by molar-refractivity contribution is 7.26. The molecular formula is C119H74N10O2S. The lowest BCUT2D eigenvalue weighted by molar-refractivity contribution is 0.672. The molecule has 12 nitrogen and oxygen atoms in total. The summed E-state index contributed by atoms with van der Waals surface area (Å²) in [6.07, 6.45) is 0. The van der Waals surface area contributed by atoms with Crippen molar-refractivity contribution in [3.63, 3.8) is 0 Å². The van der Waals surface area contributed by atoms with Crippen LogP contribution in [0, 0.1) is 0 Å². The Hall–Kier alpha value is -17.7. The van der Waals surface area contributed by atoms with Crippen molar-refractivity contribution in [2.45, 2.75) is 0 Å². The molecule has 0 bridgehead atoms. The van der Waals surface area contributed by atoms with Gasteiger partial charge in [0.05, 0.1) is 71.5 Å². The Morgan fingerprint density at radius 2 is 0.553 bits per heavy atom. The summed E-state index contributed by atoms with van der Waals surface area (Å²) in [5.41, 5.74) is 28.7. The molecule has 0 saturated carbocycles. The summed E-state index contributed by atoms with van der Waals surface area (Å²) < 4.78 is 17.4. The molecule has 0 aliphatic rings. The zero-order valence-corrected chi connectivity index (χ0v) is 71.7. The van der Waals surface area contributed by atoms with Crippen LogP contribution in [-0.4, -0.2) is 49.4 Å². The van der Waals surface area contributed by atoms with Crippen LogP contribution in [0.25, 0.3) is 249 Å². The monoisotopic (exact) mass is 1710 g/mol. The number of benzene rings is 17. The molecule has 13 heteroatoms. The molecule has 17 aromatic carbocycles. The van der Waals surface area contributed by atoms with E-state index in [1.54, 1.807) is 11.3 Å². The molecule has 0 radical (unpaired) electrons. The molecule has 0 N–H and O–H groups in total. The fraction of sp³-hybridized carbons (Fsp3) is 0. The van der Waals surface area contributed by atoms with E-state index in [4.69, 9.17) is 53.7 Å².